The molecule has 0 aliphatic heterocycles. The molecule has 6 heteroatoms. The first kappa shape index (κ1) is 10.4. The summed E-state index contributed by atoms with van der Waals surface area (Å²) >= 11 is 7.24. The van der Waals surface area contributed by atoms with Crippen molar-refractivity contribution in [1.82, 2.24) is 15.0 Å². The molecule has 0 aromatic carbocycles. The van der Waals surface area contributed by atoms with Crippen molar-refractivity contribution in [3.8, 4) is 0 Å². The zero-order valence-electron chi connectivity index (χ0n) is 8.20. The van der Waals surface area contributed by atoms with Gasteiger partial charge >= 0.3 is 0 Å². The normalized spacial score (nSPS) is 12.7. The van der Waals surface area contributed by atoms with Crippen LogP contribution in [-0.4, -0.2) is 15.0 Å². The molecule has 0 radical (unpaired) electrons. The fourth-order valence-corrected chi connectivity index (χ4v) is 2.19. The molecular weight excluding hydrogens is 232 g/mol. The van der Waals surface area contributed by atoms with Gasteiger partial charge < -0.3 is 10.3 Å². The van der Waals surface area contributed by atoms with E-state index in [9.17, 15) is 0 Å². The Bertz CT molecular complexity index is 411. The minimum absolute atomic E-state index is 0.155. The van der Waals surface area contributed by atoms with Crippen LogP contribution in [0.2, 0.25) is 5.15 Å². The highest BCUT2D eigenvalue weighted by atomic mass is 35.5. The number of rotatable bonds is 4. The van der Waals surface area contributed by atoms with E-state index in [2.05, 4.69) is 27.2 Å². The van der Waals surface area contributed by atoms with E-state index in [1.807, 2.05) is 6.20 Å². The summed E-state index contributed by atoms with van der Waals surface area (Å²) in [7, 11) is 0. The average Bonchev–Trinajstić information content (AvgIpc) is 2.85. The van der Waals surface area contributed by atoms with Gasteiger partial charge in [-0.3, -0.25) is 0 Å². The lowest BCUT2D eigenvalue weighted by atomic mass is 10.2. The van der Waals surface area contributed by atoms with Crippen LogP contribution in [0, 0.1) is 0 Å². The maximum absolute atomic E-state index is 5.75. The molecule has 4 nitrogen and oxygen atoms in total. The number of nitrogens with zero attached hydrogens (tertiary/aromatic N) is 2. The summed E-state index contributed by atoms with van der Waals surface area (Å²) < 4.78 is 0. The number of hydrogen-bond acceptors (Lipinski definition) is 4. The second-order valence-corrected chi connectivity index (χ2v) is 4.30. The highest BCUT2D eigenvalue weighted by molar-refractivity contribution is 7.14. The van der Waals surface area contributed by atoms with Crippen LogP contribution in [-0.2, 0) is 0 Å². The number of anilines is 1. The molecule has 0 aliphatic carbocycles. The van der Waals surface area contributed by atoms with E-state index in [1.54, 1.807) is 11.6 Å². The van der Waals surface area contributed by atoms with E-state index >= 15 is 0 Å². The summed E-state index contributed by atoms with van der Waals surface area (Å²) in [5.41, 5.74) is 0. The molecule has 0 saturated heterocycles. The quantitative estimate of drug-likeness (QED) is 0.866. The Morgan fingerprint density at radius 1 is 1.67 bits per heavy atom. The molecule has 1 atom stereocenters. The lowest BCUT2D eigenvalue weighted by molar-refractivity contribution is 0.703. The van der Waals surface area contributed by atoms with Crippen LogP contribution < -0.4 is 5.32 Å². The van der Waals surface area contributed by atoms with Crippen LogP contribution in [0.1, 0.15) is 25.2 Å². The lowest BCUT2D eigenvalue weighted by Gasteiger charge is -2.12. The van der Waals surface area contributed by atoms with E-state index in [0.29, 0.717) is 5.15 Å². The van der Waals surface area contributed by atoms with Crippen LogP contribution in [0.5, 0.6) is 0 Å². The standard InChI is InChI=1S/C9H11ClN4S/c1-2-6(8-11-3-4-12-8)13-9-14-7(10)5-15-9/h3-6H,2H2,1H3,(H,11,12)(H,13,14). The van der Waals surface area contributed by atoms with Crippen molar-refractivity contribution >= 4 is 28.1 Å². The third-order valence-electron chi connectivity index (χ3n) is 2.03. The van der Waals surface area contributed by atoms with Gasteiger partial charge in [-0.1, -0.05) is 18.5 Å². The summed E-state index contributed by atoms with van der Waals surface area (Å²) in [4.78, 5) is 11.4. The molecule has 0 bridgehead atoms. The SMILES string of the molecule is CCC(Nc1nc(Cl)cs1)c1ncc[nH]1. The van der Waals surface area contributed by atoms with Gasteiger partial charge in [0.2, 0.25) is 0 Å². The Morgan fingerprint density at radius 2 is 2.53 bits per heavy atom. The zero-order chi connectivity index (χ0) is 10.7. The van der Waals surface area contributed by atoms with E-state index in [4.69, 9.17) is 11.6 Å². The van der Waals surface area contributed by atoms with Crippen molar-refractivity contribution in [2.24, 2.45) is 0 Å². The number of aromatic nitrogens is 3. The number of nitrogens with one attached hydrogen (secondary N) is 2. The number of halogens is 1. The molecule has 0 aliphatic rings. The van der Waals surface area contributed by atoms with E-state index < -0.39 is 0 Å². The van der Waals surface area contributed by atoms with Crippen LogP contribution in [0.25, 0.3) is 0 Å². The first-order valence-electron chi connectivity index (χ1n) is 4.66. The Balaban J connectivity index is 2.09. The van der Waals surface area contributed by atoms with E-state index in [0.717, 1.165) is 17.4 Å². The molecule has 2 aromatic rings. The summed E-state index contributed by atoms with van der Waals surface area (Å²) in [6.45, 7) is 2.09. The largest absolute Gasteiger partial charge is 0.352 e. The second kappa shape index (κ2) is 4.63. The molecule has 15 heavy (non-hydrogen) atoms. The van der Waals surface area contributed by atoms with Crippen LogP contribution >= 0.6 is 22.9 Å². The minimum Gasteiger partial charge on any atom is -0.352 e. The molecule has 0 amide bonds. The molecule has 2 heterocycles. The predicted octanol–water partition coefficient (Wildman–Crippen LogP) is 3.08. The monoisotopic (exact) mass is 242 g/mol. The Morgan fingerprint density at radius 3 is 3.07 bits per heavy atom. The number of imidazole rings is 1. The molecule has 0 spiro atoms. The van der Waals surface area contributed by atoms with Crippen molar-refractivity contribution in [2.75, 3.05) is 5.32 Å². The van der Waals surface area contributed by atoms with Gasteiger partial charge in [0.15, 0.2) is 5.13 Å². The van der Waals surface area contributed by atoms with Crippen molar-refractivity contribution in [2.45, 2.75) is 19.4 Å². The Labute approximate surface area is 96.7 Å². The third-order valence-corrected chi connectivity index (χ3v) is 3.13. The lowest BCUT2D eigenvalue weighted by Crippen LogP contribution is -2.10. The van der Waals surface area contributed by atoms with Crippen molar-refractivity contribution in [3.63, 3.8) is 0 Å². The molecule has 2 aromatic heterocycles. The number of aromatic amines is 1. The van der Waals surface area contributed by atoms with Crippen LogP contribution in [0.15, 0.2) is 17.8 Å². The smallest absolute Gasteiger partial charge is 0.184 e. The van der Waals surface area contributed by atoms with Crippen molar-refractivity contribution in [3.05, 3.63) is 28.8 Å². The minimum atomic E-state index is 0.155. The summed E-state index contributed by atoms with van der Waals surface area (Å²) in [5.74, 6) is 0.920. The molecule has 2 N–H and O–H groups in total. The maximum atomic E-state index is 5.75. The maximum Gasteiger partial charge on any atom is 0.184 e. The molecule has 0 fully saturated rings. The first-order chi connectivity index (χ1) is 7.29. The van der Waals surface area contributed by atoms with Gasteiger partial charge in [-0.25, -0.2) is 9.97 Å². The highest BCUT2D eigenvalue weighted by Gasteiger charge is 2.12. The summed E-state index contributed by atoms with van der Waals surface area (Å²) in [6.07, 6.45) is 4.49. The zero-order valence-corrected chi connectivity index (χ0v) is 9.77. The van der Waals surface area contributed by atoms with Gasteiger partial charge in [-0.05, 0) is 6.42 Å². The van der Waals surface area contributed by atoms with Gasteiger partial charge in [0, 0.05) is 17.8 Å². The average molecular weight is 243 g/mol. The van der Waals surface area contributed by atoms with E-state index in [-0.39, 0.29) is 6.04 Å². The van der Waals surface area contributed by atoms with Crippen LogP contribution in [0.3, 0.4) is 0 Å². The Hall–Kier alpha value is -1.07. The Kier molecular flexibility index (Phi) is 3.23. The first-order valence-corrected chi connectivity index (χ1v) is 5.92. The van der Waals surface area contributed by atoms with Gasteiger partial charge in [0.05, 0.1) is 6.04 Å². The summed E-state index contributed by atoms with van der Waals surface area (Å²) in [6, 6.07) is 0.155. The van der Waals surface area contributed by atoms with Gasteiger partial charge in [0.25, 0.3) is 0 Å². The van der Waals surface area contributed by atoms with E-state index in [1.165, 1.54) is 11.3 Å². The van der Waals surface area contributed by atoms with Gasteiger partial charge in [0.1, 0.15) is 11.0 Å². The molecule has 0 saturated carbocycles. The van der Waals surface area contributed by atoms with Gasteiger partial charge in [-0.2, -0.15) is 0 Å². The summed E-state index contributed by atoms with van der Waals surface area (Å²) in [5, 5.41) is 6.43. The van der Waals surface area contributed by atoms with Crippen LogP contribution in [0.4, 0.5) is 5.13 Å². The fourth-order valence-electron chi connectivity index (χ4n) is 1.30. The molecular formula is C9H11ClN4S. The molecule has 80 valence electrons. The molecule has 1 unspecified atom stereocenters. The van der Waals surface area contributed by atoms with Crippen molar-refractivity contribution in [1.29, 1.82) is 0 Å². The number of hydrogen-bond donors (Lipinski definition) is 2. The topological polar surface area (TPSA) is 53.6 Å². The number of thiazole rings is 1. The highest BCUT2D eigenvalue weighted by Crippen LogP contribution is 2.24. The molecule has 2 rings (SSSR count). The fraction of sp³-hybridized carbons (Fsp3) is 0.333. The van der Waals surface area contributed by atoms with Crippen molar-refractivity contribution < 1.29 is 0 Å². The number of H-pyrrole nitrogens is 1. The second-order valence-electron chi connectivity index (χ2n) is 3.05. The van der Waals surface area contributed by atoms with Gasteiger partial charge in [-0.15, -0.1) is 11.3 Å². The third kappa shape index (κ3) is 2.49. The predicted molar refractivity (Wildman–Crippen MR) is 62.4 cm³/mol.